The van der Waals surface area contributed by atoms with Gasteiger partial charge < -0.3 is 8.98 Å². The molecule has 3 heteroatoms. The minimum Gasteiger partial charge on any atom is -0.456 e. The number of aromatic nitrogens is 1. The largest absolute Gasteiger partial charge is 0.456 e. The van der Waals surface area contributed by atoms with Crippen molar-refractivity contribution in [2.24, 2.45) is 0 Å². The molecule has 7 aromatic rings. The zero-order chi connectivity index (χ0) is 24.2. The molecule has 0 unspecified atom stereocenters. The second-order valence-corrected chi connectivity index (χ2v) is 11.2. The van der Waals surface area contributed by atoms with Gasteiger partial charge in [0.05, 0.1) is 11.0 Å². The van der Waals surface area contributed by atoms with E-state index in [1.165, 1.54) is 44.1 Å². The smallest absolute Gasteiger partial charge is 0.136 e. The van der Waals surface area contributed by atoms with E-state index in [1.807, 2.05) is 12.1 Å². The Balaban J connectivity index is 1.50. The van der Waals surface area contributed by atoms with Gasteiger partial charge >= 0.3 is 0 Å². The Morgan fingerprint density at radius 2 is 1.50 bits per heavy atom. The Morgan fingerprint density at radius 1 is 0.667 bits per heavy atom. The zero-order valence-electron chi connectivity index (χ0n) is 20.0. The lowest BCUT2D eigenvalue weighted by Crippen LogP contribution is -2.15. The number of para-hydroxylation sites is 1. The summed E-state index contributed by atoms with van der Waals surface area (Å²) in [5.74, 6) is 0. The summed E-state index contributed by atoms with van der Waals surface area (Å²) < 4.78 is 9.63. The maximum absolute atomic E-state index is 6.16. The van der Waals surface area contributed by atoms with Gasteiger partial charge in [0.15, 0.2) is 0 Å². The first-order chi connectivity index (χ1) is 17.5. The van der Waals surface area contributed by atoms with Crippen LogP contribution in [0.5, 0.6) is 0 Å². The van der Waals surface area contributed by atoms with Crippen LogP contribution in [0.2, 0.25) is 0 Å². The summed E-state index contributed by atoms with van der Waals surface area (Å²) in [7, 11) is 0. The number of halogens is 1. The van der Waals surface area contributed by atoms with E-state index in [-0.39, 0.29) is 5.41 Å². The van der Waals surface area contributed by atoms with Crippen molar-refractivity contribution >= 4 is 59.7 Å². The molecule has 0 aliphatic heterocycles. The monoisotopic (exact) mass is 527 g/mol. The number of furan rings is 1. The van der Waals surface area contributed by atoms with Crippen molar-refractivity contribution in [2.75, 3.05) is 0 Å². The van der Waals surface area contributed by atoms with Gasteiger partial charge in [-0.15, -0.1) is 0 Å². The second-order valence-electron chi connectivity index (χ2n) is 10.3. The van der Waals surface area contributed by atoms with E-state index in [0.717, 1.165) is 32.1 Å². The lowest BCUT2D eigenvalue weighted by Gasteiger charge is -2.22. The average molecular weight is 528 g/mol. The normalized spacial score (nSPS) is 14.2. The summed E-state index contributed by atoms with van der Waals surface area (Å²) in [6.07, 6.45) is 0. The van der Waals surface area contributed by atoms with Crippen LogP contribution in [0, 0.1) is 0 Å². The molecule has 0 saturated heterocycles. The Morgan fingerprint density at radius 3 is 2.42 bits per heavy atom. The highest BCUT2D eigenvalue weighted by atomic mass is 79.9. The minimum absolute atomic E-state index is 0.0734. The molecule has 1 aliphatic rings. The van der Waals surface area contributed by atoms with E-state index in [4.69, 9.17) is 4.42 Å². The molecule has 0 radical (unpaired) electrons. The molecule has 0 N–H and O–H groups in total. The SMILES string of the molecule is CC1(C)c2ccccc2-c2ccc3c(c21)c1ccccc1n3-c1ccc2oc3cccc(Br)c3c2c1. The number of hydrogen-bond donors (Lipinski definition) is 0. The predicted molar refractivity (Wildman–Crippen MR) is 153 cm³/mol. The van der Waals surface area contributed by atoms with E-state index < -0.39 is 0 Å². The first kappa shape index (κ1) is 20.4. The number of benzene rings is 5. The van der Waals surface area contributed by atoms with Crippen molar-refractivity contribution in [3.8, 4) is 16.8 Å². The maximum atomic E-state index is 6.16. The van der Waals surface area contributed by atoms with E-state index in [2.05, 4.69) is 119 Å². The fourth-order valence-electron chi connectivity index (χ4n) is 6.52. The highest BCUT2D eigenvalue weighted by molar-refractivity contribution is 9.10. The van der Waals surface area contributed by atoms with E-state index >= 15 is 0 Å². The highest BCUT2D eigenvalue weighted by Gasteiger charge is 2.37. The van der Waals surface area contributed by atoms with Gasteiger partial charge in [0, 0.05) is 37.1 Å². The Hall–Kier alpha value is -3.82. The minimum atomic E-state index is -0.0734. The first-order valence-electron chi connectivity index (χ1n) is 12.3. The molecule has 0 saturated carbocycles. The van der Waals surface area contributed by atoms with Crippen molar-refractivity contribution in [3.05, 3.63) is 113 Å². The molecule has 0 spiro atoms. The third-order valence-electron chi connectivity index (χ3n) is 8.04. The first-order valence-corrected chi connectivity index (χ1v) is 13.1. The van der Waals surface area contributed by atoms with Crippen molar-refractivity contribution in [2.45, 2.75) is 19.3 Å². The number of rotatable bonds is 1. The van der Waals surface area contributed by atoms with Crippen LogP contribution in [0.15, 0.2) is 106 Å². The quantitative estimate of drug-likeness (QED) is 0.207. The fraction of sp³-hybridized carbons (Fsp3) is 0.0909. The van der Waals surface area contributed by atoms with Crippen molar-refractivity contribution in [1.29, 1.82) is 0 Å². The van der Waals surface area contributed by atoms with Gasteiger partial charge in [-0.2, -0.15) is 0 Å². The van der Waals surface area contributed by atoms with Crippen LogP contribution in [-0.4, -0.2) is 4.57 Å². The predicted octanol–water partition coefficient (Wildman–Crippen LogP) is 9.75. The molecule has 172 valence electrons. The van der Waals surface area contributed by atoms with Crippen molar-refractivity contribution < 1.29 is 4.42 Å². The van der Waals surface area contributed by atoms with Crippen LogP contribution in [0.3, 0.4) is 0 Å². The molecule has 0 amide bonds. The average Bonchev–Trinajstić information content (AvgIpc) is 3.50. The van der Waals surface area contributed by atoms with E-state index in [0.29, 0.717) is 0 Å². The summed E-state index contributed by atoms with van der Waals surface area (Å²) in [4.78, 5) is 0. The van der Waals surface area contributed by atoms with Gasteiger partial charge in [0.1, 0.15) is 11.2 Å². The molecule has 36 heavy (non-hydrogen) atoms. The van der Waals surface area contributed by atoms with E-state index in [1.54, 1.807) is 0 Å². The maximum Gasteiger partial charge on any atom is 0.136 e. The molecule has 8 rings (SSSR count). The molecule has 2 aromatic heterocycles. The summed E-state index contributed by atoms with van der Waals surface area (Å²) in [6, 6.07) is 35.0. The molecule has 5 aromatic carbocycles. The Bertz CT molecular complexity index is 2040. The van der Waals surface area contributed by atoms with Crippen LogP contribution in [0.25, 0.3) is 60.6 Å². The number of hydrogen-bond acceptors (Lipinski definition) is 1. The molecule has 2 heterocycles. The fourth-order valence-corrected chi connectivity index (χ4v) is 7.08. The van der Waals surface area contributed by atoms with Crippen LogP contribution < -0.4 is 0 Å². The topological polar surface area (TPSA) is 18.1 Å². The van der Waals surface area contributed by atoms with Crippen LogP contribution in [-0.2, 0) is 5.41 Å². The molecule has 0 bridgehead atoms. The van der Waals surface area contributed by atoms with Gasteiger partial charge in [-0.05, 0) is 64.7 Å². The summed E-state index contributed by atoms with van der Waals surface area (Å²) >= 11 is 3.74. The summed E-state index contributed by atoms with van der Waals surface area (Å²) in [6.45, 7) is 4.73. The Kier molecular flexibility index (Phi) is 3.90. The van der Waals surface area contributed by atoms with Crippen LogP contribution in [0.4, 0.5) is 0 Å². The van der Waals surface area contributed by atoms with Gasteiger partial charge in [-0.25, -0.2) is 0 Å². The third kappa shape index (κ3) is 2.46. The Labute approximate surface area is 216 Å². The highest BCUT2D eigenvalue weighted by Crippen LogP contribution is 2.53. The number of fused-ring (bicyclic) bond motifs is 10. The van der Waals surface area contributed by atoms with Gasteiger partial charge in [0.2, 0.25) is 0 Å². The standard InChI is InChI=1S/C33H22BrNO/c1-33(2)24-10-5-3-8-20(24)21-15-16-27-31(32(21)33)22-9-4-6-12-26(22)35(27)19-14-17-28-23(18-19)30-25(34)11-7-13-29(30)36-28/h3-18H,1-2H3. The van der Waals surface area contributed by atoms with Crippen LogP contribution in [0.1, 0.15) is 25.0 Å². The van der Waals surface area contributed by atoms with Crippen molar-refractivity contribution in [3.63, 3.8) is 0 Å². The zero-order valence-corrected chi connectivity index (χ0v) is 21.6. The lowest BCUT2D eigenvalue weighted by molar-refractivity contribution is 0.666. The van der Waals surface area contributed by atoms with Gasteiger partial charge in [-0.1, -0.05) is 84.4 Å². The summed E-state index contributed by atoms with van der Waals surface area (Å²) in [5, 5.41) is 4.88. The second kappa shape index (κ2) is 6.89. The molecule has 0 atom stereocenters. The molecule has 0 fully saturated rings. The molecular weight excluding hydrogens is 506 g/mol. The molecular formula is C33H22BrNO. The molecule has 2 nitrogen and oxygen atoms in total. The van der Waals surface area contributed by atoms with Crippen molar-refractivity contribution in [1.82, 2.24) is 4.57 Å². The summed E-state index contributed by atoms with van der Waals surface area (Å²) in [5.41, 5.74) is 10.9. The lowest BCUT2D eigenvalue weighted by atomic mass is 9.80. The number of nitrogens with zero attached hydrogens (tertiary/aromatic N) is 1. The van der Waals surface area contributed by atoms with Crippen LogP contribution >= 0.6 is 15.9 Å². The van der Waals surface area contributed by atoms with Gasteiger partial charge in [-0.3, -0.25) is 0 Å². The third-order valence-corrected chi connectivity index (χ3v) is 8.70. The molecule has 1 aliphatic carbocycles. The van der Waals surface area contributed by atoms with E-state index in [9.17, 15) is 0 Å². The van der Waals surface area contributed by atoms with Gasteiger partial charge in [0.25, 0.3) is 0 Å².